The monoisotopic (exact) mass is 223 g/mol. The van der Waals surface area contributed by atoms with Gasteiger partial charge in [0.25, 0.3) is 0 Å². The Bertz CT molecular complexity index is 413. The molecule has 0 aromatic carbocycles. The van der Waals surface area contributed by atoms with Crippen molar-refractivity contribution in [2.24, 2.45) is 0 Å². The minimum Gasteiger partial charge on any atom is -0.465 e. The first-order valence-corrected chi connectivity index (χ1v) is 6.06. The molecule has 4 heteroatoms. The second kappa shape index (κ2) is 3.32. The number of carbonyl (C=O) groups excluding carboxylic acids is 1. The van der Waals surface area contributed by atoms with Gasteiger partial charge in [-0.25, -0.2) is 4.79 Å². The molecule has 2 atom stereocenters. The van der Waals surface area contributed by atoms with Crippen molar-refractivity contribution in [3.63, 3.8) is 0 Å². The Kier molecular flexibility index (Phi) is 2.07. The van der Waals surface area contributed by atoms with Crippen LogP contribution in [0.25, 0.3) is 0 Å². The zero-order valence-electron chi connectivity index (χ0n) is 8.58. The van der Waals surface area contributed by atoms with Crippen LogP contribution in [0, 0.1) is 0 Å². The van der Waals surface area contributed by atoms with E-state index in [9.17, 15) is 4.79 Å². The standard InChI is InChI=1S/C11H13NO2S/c1-14-11(13)10-5-7-8-3-2-6(12-8)4-9(7)15-10/h5-6,8,12H,2-4H2,1H3/t6-,8+/m1/s1. The molecule has 0 saturated carbocycles. The lowest BCUT2D eigenvalue weighted by molar-refractivity contribution is 0.0606. The summed E-state index contributed by atoms with van der Waals surface area (Å²) in [7, 11) is 1.44. The number of methoxy groups -OCH3 is 1. The predicted molar refractivity (Wildman–Crippen MR) is 58.3 cm³/mol. The van der Waals surface area contributed by atoms with Crippen molar-refractivity contribution in [3.8, 4) is 0 Å². The molecular weight excluding hydrogens is 210 g/mol. The summed E-state index contributed by atoms with van der Waals surface area (Å²) in [5, 5.41) is 3.57. The van der Waals surface area contributed by atoms with Gasteiger partial charge in [0.2, 0.25) is 0 Å². The Hall–Kier alpha value is -0.870. The van der Waals surface area contributed by atoms with E-state index in [1.54, 1.807) is 11.3 Å². The van der Waals surface area contributed by atoms with E-state index in [1.165, 1.54) is 30.4 Å². The van der Waals surface area contributed by atoms with Crippen LogP contribution in [0.3, 0.4) is 0 Å². The van der Waals surface area contributed by atoms with Crippen LogP contribution >= 0.6 is 11.3 Å². The highest BCUT2D eigenvalue weighted by atomic mass is 32.1. The quantitative estimate of drug-likeness (QED) is 0.739. The van der Waals surface area contributed by atoms with Crippen molar-refractivity contribution in [3.05, 3.63) is 21.4 Å². The van der Waals surface area contributed by atoms with Gasteiger partial charge in [0, 0.05) is 17.0 Å². The number of thiophene rings is 1. The van der Waals surface area contributed by atoms with E-state index in [0.29, 0.717) is 12.1 Å². The molecule has 1 N–H and O–H groups in total. The highest BCUT2D eigenvalue weighted by Gasteiger charge is 2.34. The molecular formula is C11H13NO2S. The van der Waals surface area contributed by atoms with Gasteiger partial charge >= 0.3 is 5.97 Å². The fraction of sp³-hybridized carbons (Fsp3) is 0.545. The van der Waals surface area contributed by atoms with Crippen molar-refractivity contribution >= 4 is 17.3 Å². The Balaban J connectivity index is 1.99. The molecule has 2 aliphatic heterocycles. The fourth-order valence-corrected chi connectivity index (χ4v) is 3.77. The minimum absolute atomic E-state index is 0.203. The van der Waals surface area contributed by atoms with Crippen molar-refractivity contribution in [1.29, 1.82) is 0 Å². The zero-order valence-corrected chi connectivity index (χ0v) is 9.39. The molecule has 0 aliphatic carbocycles. The molecule has 1 aromatic rings. The number of carbonyl (C=O) groups is 1. The van der Waals surface area contributed by atoms with Gasteiger partial charge in [0.15, 0.2) is 0 Å². The Morgan fingerprint density at radius 3 is 3.27 bits per heavy atom. The van der Waals surface area contributed by atoms with Crippen molar-refractivity contribution in [1.82, 2.24) is 5.32 Å². The Morgan fingerprint density at radius 2 is 2.47 bits per heavy atom. The number of hydrogen-bond acceptors (Lipinski definition) is 4. The number of nitrogens with one attached hydrogen (secondary N) is 1. The number of rotatable bonds is 1. The van der Waals surface area contributed by atoms with E-state index in [0.717, 1.165) is 11.3 Å². The molecule has 1 saturated heterocycles. The largest absolute Gasteiger partial charge is 0.465 e. The van der Waals surface area contributed by atoms with Crippen molar-refractivity contribution in [2.75, 3.05) is 7.11 Å². The first-order chi connectivity index (χ1) is 7.28. The Labute approximate surface area is 92.4 Å². The number of fused-ring (bicyclic) bond motifs is 4. The summed E-state index contributed by atoms with van der Waals surface area (Å²) in [6.45, 7) is 0. The molecule has 0 unspecified atom stereocenters. The van der Waals surface area contributed by atoms with Gasteiger partial charge in [-0.15, -0.1) is 11.3 Å². The Morgan fingerprint density at radius 1 is 1.60 bits per heavy atom. The van der Waals surface area contributed by atoms with Crippen LogP contribution in [0.15, 0.2) is 6.07 Å². The predicted octanol–water partition coefficient (Wildman–Crippen LogP) is 1.88. The summed E-state index contributed by atoms with van der Waals surface area (Å²) in [5.74, 6) is -0.203. The van der Waals surface area contributed by atoms with E-state index in [-0.39, 0.29) is 5.97 Å². The van der Waals surface area contributed by atoms with Crippen LogP contribution in [0.5, 0.6) is 0 Å². The van der Waals surface area contributed by atoms with Gasteiger partial charge in [0.05, 0.1) is 7.11 Å². The summed E-state index contributed by atoms with van der Waals surface area (Å²) >= 11 is 1.60. The van der Waals surface area contributed by atoms with Gasteiger partial charge in [-0.05, 0) is 30.9 Å². The van der Waals surface area contributed by atoms with E-state index < -0.39 is 0 Å². The number of ether oxygens (including phenoxy) is 1. The lowest BCUT2D eigenvalue weighted by Crippen LogP contribution is -2.30. The van der Waals surface area contributed by atoms with Gasteiger partial charge < -0.3 is 10.1 Å². The SMILES string of the molecule is COC(=O)c1cc2c(s1)C[C@H]1CC[C@@H]2N1. The van der Waals surface area contributed by atoms with Gasteiger partial charge in [-0.2, -0.15) is 0 Å². The lowest BCUT2D eigenvalue weighted by Gasteiger charge is -2.20. The third-order valence-electron chi connectivity index (χ3n) is 3.28. The van der Waals surface area contributed by atoms with Crippen LogP contribution in [0.4, 0.5) is 0 Å². The molecule has 0 radical (unpaired) electrons. The normalized spacial score (nSPS) is 27.5. The lowest BCUT2D eigenvalue weighted by atomic mass is 10.0. The molecule has 1 aromatic heterocycles. The second-order valence-electron chi connectivity index (χ2n) is 4.18. The van der Waals surface area contributed by atoms with E-state index in [1.807, 2.05) is 6.07 Å². The maximum atomic E-state index is 11.4. The third-order valence-corrected chi connectivity index (χ3v) is 4.43. The molecule has 0 spiro atoms. The highest BCUT2D eigenvalue weighted by molar-refractivity contribution is 7.14. The average molecular weight is 223 g/mol. The molecule has 80 valence electrons. The summed E-state index contributed by atoms with van der Waals surface area (Å²) in [6, 6.07) is 3.12. The van der Waals surface area contributed by atoms with Crippen molar-refractivity contribution in [2.45, 2.75) is 31.3 Å². The number of esters is 1. The number of hydrogen-bond donors (Lipinski definition) is 1. The first-order valence-electron chi connectivity index (χ1n) is 5.25. The molecule has 3 heterocycles. The van der Waals surface area contributed by atoms with Gasteiger partial charge in [-0.1, -0.05) is 0 Å². The molecule has 15 heavy (non-hydrogen) atoms. The second-order valence-corrected chi connectivity index (χ2v) is 5.32. The van der Waals surface area contributed by atoms with Crippen LogP contribution in [0.2, 0.25) is 0 Å². The van der Waals surface area contributed by atoms with Gasteiger partial charge in [0.1, 0.15) is 4.88 Å². The topological polar surface area (TPSA) is 38.3 Å². The van der Waals surface area contributed by atoms with Crippen molar-refractivity contribution < 1.29 is 9.53 Å². The summed E-state index contributed by atoms with van der Waals surface area (Å²) in [4.78, 5) is 13.5. The maximum Gasteiger partial charge on any atom is 0.348 e. The minimum atomic E-state index is -0.203. The smallest absolute Gasteiger partial charge is 0.348 e. The van der Waals surface area contributed by atoms with Crippen LogP contribution in [-0.4, -0.2) is 19.1 Å². The average Bonchev–Trinajstić information content (AvgIpc) is 2.83. The highest BCUT2D eigenvalue weighted by Crippen LogP contribution is 2.40. The molecule has 2 aliphatic rings. The first kappa shape index (κ1) is 9.36. The van der Waals surface area contributed by atoms with Crippen LogP contribution < -0.4 is 5.32 Å². The zero-order chi connectivity index (χ0) is 10.4. The summed E-state index contributed by atoms with van der Waals surface area (Å²) in [6.07, 6.45) is 3.54. The van der Waals surface area contributed by atoms with E-state index in [4.69, 9.17) is 4.74 Å². The molecule has 3 rings (SSSR count). The molecule has 3 nitrogen and oxygen atoms in total. The van der Waals surface area contributed by atoms with Crippen LogP contribution in [-0.2, 0) is 11.2 Å². The van der Waals surface area contributed by atoms with Crippen LogP contribution in [0.1, 0.15) is 39.0 Å². The molecule has 0 amide bonds. The summed E-state index contributed by atoms with van der Waals surface area (Å²) in [5.41, 5.74) is 1.33. The van der Waals surface area contributed by atoms with E-state index >= 15 is 0 Å². The molecule has 2 bridgehead atoms. The van der Waals surface area contributed by atoms with Gasteiger partial charge in [-0.3, -0.25) is 0 Å². The fourth-order valence-electron chi connectivity index (χ4n) is 2.55. The summed E-state index contributed by atoms with van der Waals surface area (Å²) < 4.78 is 4.75. The third kappa shape index (κ3) is 1.40. The van der Waals surface area contributed by atoms with E-state index in [2.05, 4.69) is 5.32 Å². The molecule has 1 fully saturated rings. The maximum absolute atomic E-state index is 11.4.